The molecule has 1 saturated heterocycles. The molecular formula is C23H26NO+. The van der Waals surface area contributed by atoms with Crippen molar-refractivity contribution in [1.82, 2.24) is 0 Å². The van der Waals surface area contributed by atoms with Crippen molar-refractivity contribution in [2.45, 2.75) is 25.3 Å². The van der Waals surface area contributed by atoms with Gasteiger partial charge in [0.15, 0.2) is 0 Å². The van der Waals surface area contributed by atoms with Gasteiger partial charge < -0.3 is 9.64 Å². The van der Waals surface area contributed by atoms with E-state index in [1.165, 1.54) is 47.8 Å². The van der Waals surface area contributed by atoms with Crippen molar-refractivity contribution in [2.75, 3.05) is 20.2 Å². The molecule has 0 atom stereocenters. The molecule has 0 unspecified atom stereocenters. The molecule has 0 bridgehead atoms. The zero-order valence-corrected chi connectivity index (χ0v) is 14.9. The molecule has 1 aliphatic heterocycles. The van der Waals surface area contributed by atoms with Crippen molar-refractivity contribution >= 4 is 10.8 Å². The van der Waals surface area contributed by atoms with Gasteiger partial charge in [-0.05, 0) is 34.4 Å². The first-order chi connectivity index (χ1) is 12.3. The fourth-order valence-corrected chi connectivity index (χ4v) is 4.15. The number of likely N-dealkylation sites (tertiary alicyclic amines) is 1. The summed E-state index contributed by atoms with van der Waals surface area (Å²) >= 11 is 0. The quantitative estimate of drug-likeness (QED) is 0.767. The molecule has 1 N–H and O–H groups in total. The minimum Gasteiger partial charge on any atom is -0.496 e. The minimum atomic E-state index is 0.636. The second kappa shape index (κ2) is 7.28. The molecule has 2 nitrogen and oxygen atoms in total. The number of ether oxygens (including phenoxy) is 1. The van der Waals surface area contributed by atoms with Crippen LogP contribution in [0.3, 0.4) is 0 Å². The summed E-state index contributed by atoms with van der Waals surface area (Å²) in [5.41, 5.74) is 2.83. The summed E-state index contributed by atoms with van der Waals surface area (Å²) in [6.45, 7) is 3.59. The summed E-state index contributed by atoms with van der Waals surface area (Å²) in [5, 5.41) is 2.68. The van der Waals surface area contributed by atoms with Crippen LogP contribution in [0.25, 0.3) is 10.8 Å². The first kappa shape index (κ1) is 16.2. The number of para-hydroxylation sites is 1. The molecule has 1 aliphatic rings. The fraction of sp³-hybridized carbons (Fsp3) is 0.304. The van der Waals surface area contributed by atoms with E-state index in [9.17, 15) is 0 Å². The number of quaternary nitrogens is 1. The zero-order chi connectivity index (χ0) is 17.1. The largest absolute Gasteiger partial charge is 0.496 e. The predicted octanol–water partition coefficient (Wildman–Crippen LogP) is 3.81. The summed E-state index contributed by atoms with van der Waals surface area (Å²) in [4.78, 5) is 1.70. The van der Waals surface area contributed by atoms with E-state index in [0.717, 1.165) is 12.3 Å². The highest BCUT2D eigenvalue weighted by Gasteiger charge is 2.25. The first-order valence-electron chi connectivity index (χ1n) is 9.27. The zero-order valence-electron chi connectivity index (χ0n) is 14.9. The number of rotatable bonds is 4. The third-order valence-electron chi connectivity index (χ3n) is 5.54. The summed E-state index contributed by atoms with van der Waals surface area (Å²) in [5.74, 6) is 1.68. The number of hydrogen-bond donors (Lipinski definition) is 1. The van der Waals surface area contributed by atoms with Crippen molar-refractivity contribution in [3.63, 3.8) is 0 Å². The van der Waals surface area contributed by atoms with E-state index in [1.807, 2.05) is 0 Å². The summed E-state index contributed by atoms with van der Waals surface area (Å²) < 4.78 is 5.56. The smallest absolute Gasteiger partial charge is 0.122 e. The Bertz CT molecular complexity index is 849. The number of hydrogen-bond acceptors (Lipinski definition) is 1. The van der Waals surface area contributed by atoms with E-state index in [2.05, 4.69) is 66.7 Å². The van der Waals surface area contributed by atoms with Crippen molar-refractivity contribution in [2.24, 2.45) is 0 Å². The molecule has 0 aliphatic carbocycles. The van der Waals surface area contributed by atoms with Gasteiger partial charge in [0.2, 0.25) is 0 Å². The molecule has 3 aromatic carbocycles. The van der Waals surface area contributed by atoms with Crippen LogP contribution in [0.15, 0.2) is 66.7 Å². The molecule has 3 aromatic rings. The minimum absolute atomic E-state index is 0.636. The highest BCUT2D eigenvalue weighted by Crippen LogP contribution is 2.31. The van der Waals surface area contributed by atoms with E-state index in [1.54, 1.807) is 12.0 Å². The molecule has 128 valence electrons. The molecular weight excluding hydrogens is 306 g/mol. The van der Waals surface area contributed by atoms with Crippen LogP contribution in [0.4, 0.5) is 0 Å². The van der Waals surface area contributed by atoms with Crippen LogP contribution in [-0.2, 0) is 6.54 Å². The van der Waals surface area contributed by atoms with Gasteiger partial charge in [0.05, 0.1) is 20.2 Å². The van der Waals surface area contributed by atoms with Gasteiger partial charge in [-0.2, -0.15) is 0 Å². The Hall–Kier alpha value is -2.32. The van der Waals surface area contributed by atoms with E-state index < -0.39 is 0 Å². The number of piperidine rings is 1. The maximum atomic E-state index is 5.56. The van der Waals surface area contributed by atoms with Crippen LogP contribution in [-0.4, -0.2) is 20.2 Å². The van der Waals surface area contributed by atoms with E-state index in [-0.39, 0.29) is 0 Å². The average Bonchev–Trinajstić information content (AvgIpc) is 2.68. The topological polar surface area (TPSA) is 13.7 Å². The van der Waals surface area contributed by atoms with Gasteiger partial charge in [0.25, 0.3) is 0 Å². The lowest BCUT2D eigenvalue weighted by Crippen LogP contribution is -3.11. The number of methoxy groups -OCH3 is 1. The van der Waals surface area contributed by atoms with Crippen LogP contribution in [0.1, 0.15) is 29.9 Å². The molecule has 2 heteroatoms. The third-order valence-corrected chi connectivity index (χ3v) is 5.54. The molecule has 25 heavy (non-hydrogen) atoms. The third kappa shape index (κ3) is 3.54. The van der Waals surface area contributed by atoms with E-state index in [4.69, 9.17) is 4.74 Å². The predicted molar refractivity (Wildman–Crippen MR) is 103 cm³/mol. The SMILES string of the molecule is COc1ccccc1C1CC[NH+](Cc2ccc3ccccc3c2)CC1. The maximum Gasteiger partial charge on any atom is 0.122 e. The van der Waals surface area contributed by atoms with Crippen molar-refractivity contribution in [3.8, 4) is 5.75 Å². The van der Waals surface area contributed by atoms with Crippen molar-refractivity contribution < 1.29 is 9.64 Å². The van der Waals surface area contributed by atoms with Crippen molar-refractivity contribution in [1.29, 1.82) is 0 Å². The molecule has 0 aromatic heterocycles. The Kier molecular flexibility index (Phi) is 4.71. The molecule has 1 fully saturated rings. The first-order valence-corrected chi connectivity index (χ1v) is 9.27. The van der Waals surface area contributed by atoms with Gasteiger partial charge in [-0.25, -0.2) is 0 Å². The van der Waals surface area contributed by atoms with Crippen LogP contribution in [0.5, 0.6) is 5.75 Å². The van der Waals surface area contributed by atoms with Gasteiger partial charge in [-0.15, -0.1) is 0 Å². The standard InChI is InChI=1S/C23H25NO/c1-25-23-9-5-4-8-22(23)20-12-14-24(15-13-20)17-18-10-11-19-6-2-3-7-21(19)16-18/h2-11,16,20H,12-15,17H2,1H3/p+1. The Labute approximate surface area is 150 Å². The Morgan fingerprint density at radius 3 is 2.40 bits per heavy atom. The lowest BCUT2D eigenvalue weighted by molar-refractivity contribution is -0.919. The van der Waals surface area contributed by atoms with Gasteiger partial charge >= 0.3 is 0 Å². The Morgan fingerprint density at radius 2 is 1.60 bits per heavy atom. The van der Waals surface area contributed by atoms with Crippen LogP contribution >= 0.6 is 0 Å². The number of nitrogens with one attached hydrogen (secondary N) is 1. The van der Waals surface area contributed by atoms with Crippen LogP contribution in [0.2, 0.25) is 0 Å². The normalized spacial score (nSPS) is 20.5. The average molecular weight is 332 g/mol. The summed E-state index contributed by atoms with van der Waals surface area (Å²) in [6, 6.07) is 24.0. The van der Waals surface area contributed by atoms with Crippen molar-refractivity contribution in [3.05, 3.63) is 77.9 Å². The molecule has 4 rings (SSSR count). The van der Waals surface area contributed by atoms with Gasteiger partial charge in [0, 0.05) is 18.4 Å². The monoisotopic (exact) mass is 332 g/mol. The molecule has 0 radical (unpaired) electrons. The Balaban J connectivity index is 1.41. The van der Waals surface area contributed by atoms with Crippen LogP contribution < -0.4 is 9.64 Å². The van der Waals surface area contributed by atoms with Gasteiger partial charge in [-0.1, -0.05) is 54.6 Å². The van der Waals surface area contributed by atoms with E-state index in [0.29, 0.717) is 5.92 Å². The van der Waals surface area contributed by atoms with Gasteiger partial charge in [0.1, 0.15) is 12.3 Å². The second-order valence-electron chi connectivity index (χ2n) is 7.12. The summed E-state index contributed by atoms with van der Waals surface area (Å²) in [7, 11) is 1.78. The number of benzene rings is 3. The summed E-state index contributed by atoms with van der Waals surface area (Å²) in [6.07, 6.45) is 2.48. The molecule has 0 spiro atoms. The van der Waals surface area contributed by atoms with Gasteiger partial charge in [-0.3, -0.25) is 0 Å². The second-order valence-corrected chi connectivity index (χ2v) is 7.12. The fourth-order valence-electron chi connectivity index (χ4n) is 4.15. The van der Waals surface area contributed by atoms with Crippen LogP contribution in [0, 0.1) is 0 Å². The maximum absolute atomic E-state index is 5.56. The molecule has 0 amide bonds. The highest BCUT2D eigenvalue weighted by molar-refractivity contribution is 5.82. The number of fused-ring (bicyclic) bond motifs is 1. The lowest BCUT2D eigenvalue weighted by atomic mass is 9.88. The molecule has 1 heterocycles. The lowest BCUT2D eigenvalue weighted by Gasteiger charge is -2.30. The van der Waals surface area contributed by atoms with E-state index >= 15 is 0 Å². The highest BCUT2D eigenvalue weighted by atomic mass is 16.5. The molecule has 0 saturated carbocycles. The Morgan fingerprint density at radius 1 is 0.880 bits per heavy atom.